The van der Waals surface area contributed by atoms with E-state index in [1.165, 1.54) is 0 Å². The van der Waals surface area contributed by atoms with Crippen LogP contribution < -0.4 is 0 Å². The fourth-order valence-electron chi connectivity index (χ4n) is 0.258. The van der Waals surface area contributed by atoms with Gasteiger partial charge < -0.3 is 0 Å². The third-order valence-corrected chi connectivity index (χ3v) is 0.570. The molecule has 0 aliphatic heterocycles. The highest BCUT2D eigenvalue weighted by molar-refractivity contribution is 5.53. The summed E-state index contributed by atoms with van der Waals surface area (Å²) in [5.41, 5.74) is 0. The zero-order chi connectivity index (χ0) is 5.54. The minimum absolute atomic E-state index is 0.740. The zero-order valence-electron chi connectivity index (χ0n) is 4.59. The smallest absolute Gasteiger partial charge is 0.0580 e. The lowest BCUT2D eigenvalue weighted by Gasteiger charge is -1.80. The third kappa shape index (κ3) is 5.34. The molecular formula is C5H10N2. The molecule has 0 atom stereocenters. The van der Waals surface area contributed by atoms with Gasteiger partial charge in [-0.3, -0.25) is 9.98 Å². The first-order valence-corrected chi connectivity index (χ1v) is 2.28. The van der Waals surface area contributed by atoms with Crippen LogP contribution in [0.15, 0.2) is 9.98 Å². The van der Waals surface area contributed by atoms with Crippen molar-refractivity contribution in [3.8, 4) is 0 Å². The lowest BCUT2D eigenvalue weighted by atomic mass is 10.6. The van der Waals surface area contributed by atoms with Crippen LogP contribution in [0.25, 0.3) is 0 Å². The van der Waals surface area contributed by atoms with Gasteiger partial charge in [0.25, 0.3) is 0 Å². The van der Waals surface area contributed by atoms with Crippen LogP contribution in [0.4, 0.5) is 0 Å². The van der Waals surface area contributed by atoms with Gasteiger partial charge in [-0.25, -0.2) is 0 Å². The van der Waals surface area contributed by atoms with E-state index in [0.29, 0.717) is 0 Å². The Labute approximate surface area is 44.0 Å². The predicted octanol–water partition coefficient (Wildman–Crippen LogP) is 0.778. The van der Waals surface area contributed by atoms with Crippen LogP contribution in [-0.2, 0) is 0 Å². The van der Waals surface area contributed by atoms with E-state index < -0.39 is 0 Å². The first-order chi connectivity index (χ1) is 3.41. The summed E-state index contributed by atoms with van der Waals surface area (Å²) < 4.78 is 0. The molecule has 0 bridgehead atoms. The van der Waals surface area contributed by atoms with Crippen LogP contribution in [-0.4, -0.2) is 26.0 Å². The fraction of sp³-hybridized carbons (Fsp3) is 0.600. The number of nitrogens with zero attached hydrogens (tertiary/aromatic N) is 2. The third-order valence-electron chi connectivity index (χ3n) is 0.570. The van der Waals surface area contributed by atoms with Crippen LogP contribution >= 0.6 is 0 Å². The van der Waals surface area contributed by atoms with Crippen molar-refractivity contribution in [1.82, 2.24) is 0 Å². The minimum atomic E-state index is 0.740. The van der Waals surface area contributed by atoms with Crippen molar-refractivity contribution in [1.29, 1.82) is 0 Å². The molecule has 0 fully saturated rings. The molecule has 0 amide bonds. The quantitative estimate of drug-likeness (QED) is 0.368. The average molecular weight is 98.1 g/mol. The second-order valence-corrected chi connectivity index (χ2v) is 1.11. The van der Waals surface area contributed by atoms with Gasteiger partial charge in [0.2, 0.25) is 0 Å². The average Bonchev–Trinajstić information content (AvgIpc) is 1.69. The summed E-state index contributed by atoms with van der Waals surface area (Å²) in [7, 11) is 0. The molecule has 0 saturated carbocycles. The molecule has 0 N–H and O–H groups in total. The molecule has 0 aliphatic carbocycles. The maximum absolute atomic E-state index is 3.90. The van der Waals surface area contributed by atoms with E-state index in [1.54, 1.807) is 6.21 Å². The zero-order valence-corrected chi connectivity index (χ0v) is 4.59. The first-order valence-electron chi connectivity index (χ1n) is 2.28. The van der Waals surface area contributed by atoms with Gasteiger partial charge in [-0.2, -0.15) is 0 Å². The van der Waals surface area contributed by atoms with E-state index in [2.05, 4.69) is 16.7 Å². The number of hydrogen-bond donors (Lipinski definition) is 0. The van der Waals surface area contributed by atoms with E-state index in [-0.39, 0.29) is 0 Å². The molecule has 2 heteroatoms. The summed E-state index contributed by atoms with van der Waals surface area (Å²) >= 11 is 0. The van der Waals surface area contributed by atoms with Crippen molar-refractivity contribution in [2.75, 3.05) is 13.1 Å². The molecule has 0 radical (unpaired) electrons. The molecule has 2 nitrogen and oxygen atoms in total. The Hall–Kier alpha value is -0.660. The fourth-order valence-corrected chi connectivity index (χ4v) is 0.258. The van der Waals surface area contributed by atoms with Gasteiger partial charge in [-0.05, 0) is 19.9 Å². The largest absolute Gasteiger partial charge is 0.299 e. The molecule has 0 aromatic carbocycles. The van der Waals surface area contributed by atoms with Crippen LogP contribution in [0.2, 0.25) is 0 Å². The lowest BCUT2D eigenvalue weighted by molar-refractivity contribution is 0.987. The van der Waals surface area contributed by atoms with Crippen LogP contribution in [0.1, 0.15) is 6.92 Å². The summed E-state index contributed by atoms with van der Waals surface area (Å²) in [4.78, 5) is 7.51. The van der Waals surface area contributed by atoms with E-state index in [9.17, 15) is 0 Å². The monoisotopic (exact) mass is 98.1 g/mol. The Morgan fingerprint density at radius 1 is 1.57 bits per heavy atom. The summed E-state index contributed by atoms with van der Waals surface area (Å²) in [6.45, 7) is 6.72. The molecule has 0 rings (SSSR count). The van der Waals surface area contributed by atoms with Crippen molar-refractivity contribution >= 4 is 12.9 Å². The van der Waals surface area contributed by atoms with Crippen molar-refractivity contribution in [3.05, 3.63) is 0 Å². The summed E-state index contributed by atoms with van der Waals surface area (Å²) in [5.74, 6) is 0. The topological polar surface area (TPSA) is 24.7 Å². The van der Waals surface area contributed by atoms with Gasteiger partial charge >= 0.3 is 0 Å². The maximum atomic E-state index is 3.90. The Morgan fingerprint density at radius 2 is 2.29 bits per heavy atom. The molecule has 0 spiro atoms. The van der Waals surface area contributed by atoms with Crippen molar-refractivity contribution in [3.63, 3.8) is 0 Å². The first kappa shape index (κ1) is 6.34. The molecule has 0 unspecified atom stereocenters. The molecule has 0 aromatic heterocycles. The second kappa shape index (κ2) is 5.34. The Bertz CT molecular complexity index is 66.5. The van der Waals surface area contributed by atoms with Crippen molar-refractivity contribution in [2.24, 2.45) is 9.98 Å². The van der Waals surface area contributed by atoms with Crippen LogP contribution in [0, 0.1) is 0 Å². The van der Waals surface area contributed by atoms with Gasteiger partial charge in [0.05, 0.1) is 13.1 Å². The molecule has 40 valence electrons. The molecule has 0 heterocycles. The van der Waals surface area contributed by atoms with Crippen molar-refractivity contribution in [2.45, 2.75) is 6.92 Å². The highest BCUT2D eigenvalue weighted by Gasteiger charge is 1.69. The molecule has 0 aliphatic rings. The SMILES string of the molecule is C=NCCN=CC. The van der Waals surface area contributed by atoms with Crippen LogP contribution in [0.3, 0.4) is 0 Å². The number of rotatable bonds is 3. The van der Waals surface area contributed by atoms with Gasteiger partial charge in [-0.15, -0.1) is 0 Å². The second-order valence-electron chi connectivity index (χ2n) is 1.11. The molecule has 7 heavy (non-hydrogen) atoms. The van der Waals surface area contributed by atoms with E-state index in [4.69, 9.17) is 0 Å². The van der Waals surface area contributed by atoms with Gasteiger partial charge in [0.15, 0.2) is 0 Å². The van der Waals surface area contributed by atoms with E-state index in [1.807, 2.05) is 6.92 Å². The standard InChI is InChI=1S/C5H10N2/c1-3-7-5-4-6-2/h3H,2,4-5H2,1H3. The Morgan fingerprint density at radius 3 is 2.71 bits per heavy atom. The highest BCUT2D eigenvalue weighted by Crippen LogP contribution is 1.67. The van der Waals surface area contributed by atoms with Crippen molar-refractivity contribution < 1.29 is 0 Å². The van der Waals surface area contributed by atoms with E-state index in [0.717, 1.165) is 13.1 Å². The Balaban J connectivity index is 2.82. The minimum Gasteiger partial charge on any atom is -0.299 e. The lowest BCUT2D eigenvalue weighted by Crippen LogP contribution is -1.83. The van der Waals surface area contributed by atoms with Gasteiger partial charge in [0.1, 0.15) is 0 Å². The highest BCUT2D eigenvalue weighted by atomic mass is 14.8. The van der Waals surface area contributed by atoms with E-state index >= 15 is 0 Å². The predicted molar refractivity (Wildman–Crippen MR) is 33.4 cm³/mol. The molecule has 0 aromatic rings. The normalized spacial score (nSPS) is 9.86. The molecular weight excluding hydrogens is 88.1 g/mol. The number of hydrogen-bond acceptors (Lipinski definition) is 2. The van der Waals surface area contributed by atoms with Gasteiger partial charge in [0, 0.05) is 0 Å². The number of aliphatic imine (C=N–C) groups is 2. The molecule has 0 saturated heterocycles. The summed E-state index contributed by atoms with van der Waals surface area (Å²) in [5, 5.41) is 0. The summed E-state index contributed by atoms with van der Waals surface area (Å²) in [6.07, 6.45) is 1.77. The van der Waals surface area contributed by atoms with Crippen LogP contribution in [0.5, 0.6) is 0 Å². The van der Waals surface area contributed by atoms with Gasteiger partial charge in [-0.1, -0.05) is 0 Å². The maximum Gasteiger partial charge on any atom is 0.0580 e. The summed E-state index contributed by atoms with van der Waals surface area (Å²) in [6, 6.07) is 0. The Kier molecular flexibility index (Phi) is 4.84.